The van der Waals surface area contributed by atoms with Crippen LogP contribution in [0.5, 0.6) is 11.5 Å². The Morgan fingerprint density at radius 2 is 1.76 bits per heavy atom. The van der Waals surface area contributed by atoms with E-state index in [2.05, 4.69) is 10.5 Å². The molecule has 0 aliphatic heterocycles. The standard InChI is InChI=1S/C20H18N4O5/c1-28-18-10-14(11-19(12-18)29-2)20(25)22-21-13-17-4-3-9-23(17)15-5-7-16(8-6-15)24(26)27/h3-13H,1-2H3,(H,22,25). The van der Waals surface area contributed by atoms with Crippen molar-refractivity contribution >= 4 is 17.8 Å². The number of carbonyl (C=O) groups excluding carboxylic acids is 1. The Bertz CT molecular complexity index is 1030. The number of carbonyl (C=O) groups is 1. The van der Waals surface area contributed by atoms with Crippen LogP contribution in [0.25, 0.3) is 5.69 Å². The number of ether oxygens (including phenoxy) is 2. The second-order valence-corrected chi connectivity index (χ2v) is 5.88. The van der Waals surface area contributed by atoms with Crippen LogP contribution in [0.3, 0.4) is 0 Å². The highest BCUT2D eigenvalue weighted by Crippen LogP contribution is 2.22. The normalized spacial score (nSPS) is 10.7. The number of benzene rings is 2. The van der Waals surface area contributed by atoms with Crippen molar-refractivity contribution in [3.8, 4) is 17.2 Å². The third-order valence-electron chi connectivity index (χ3n) is 4.10. The summed E-state index contributed by atoms with van der Waals surface area (Å²) >= 11 is 0. The van der Waals surface area contributed by atoms with E-state index >= 15 is 0 Å². The number of aromatic nitrogens is 1. The molecule has 0 unspecified atom stereocenters. The Morgan fingerprint density at radius 1 is 1.10 bits per heavy atom. The van der Waals surface area contributed by atoms with Crippen molar-refractivity contribution in [2.45, 2.75) is 0 Å². The number of hydrazone groups is 1. The van der Waals surface area contributed by atoms with Crippen LogP contribution in [0.15, 0.2) is 65.9 Å². The minimum Gasteiger partial charge on any atom is -0.497 e. The molecule has 148 valence electrons. The summed E-state index contributed by atoms with van der Waals surface area (Å²) in [5.74, 6) is 0.558. The van der Waals surface area contributed by atoms with Crippen LogP contribution in [0, 0.1) is 10.1 Å². The van der Waals surface area contributed by atoms with Crippen LogP contribution in [-0.4, -0.2) is 35.8 Å². The van der Waals surface area contributed by atoms with Crippen molar-refractivity contribution in [3.63, 3.8) is 0 Å². The van der Waals surface area contributed by atoms with Gasteiger partial charge in [0, 0.05) is 35.6 Å². The number of non-ortho nitro benzene ring substituents is 1. The van der Waals surface area contributed by atoms with Gasteiger partial charge in [-0.05, 0) is 36.4 Å². The highest BCUT2D eigenvalue weighted by Gasteiger charge is 2.10. The summed E-state index contributed by atoms with van der Waals surface area (Å²) in [7, 11) is 3.00. The molecule has 0 aliphatic rings. The van der Waals surface area contributed by atoms with Crippen LogP contribution >= 0.6 is 0 Å². The molecule has 1 aromatic heterocycles. The number of nitrogens with zero attached hydrogens (tertiary/aromatic N) is 3. The first-order valence-corrected chi connectivity index (χ1v) is 8.50. The molecule has 0 spiro atoms. The molecule has 0 atom stereocenters. The molecule has 0 aliphatic carbocycles. The summed E-state index contributed by atoms with van der Waals surface area (Å²) < 4.78 is 12.1. The van der Waals surface area contributed by atoms with Gasteiger partial charge in [0.25, 0.3) is 11.6 Å². The molecule has 1 heterocycles. The number of nitro groups is 1. The lowest BCUT2D eigenvalue weighted by molar-refractivity contribution is -0.384. The molecule has 2 aromatic carbocycles. The first-order chi connectivity index (χ1) is 14.0. The average Bonchev–Trinajstić information content (AvgIpc) is 3.21. The molecule has 3 aromatic rings. The van der Waals surface area contributed by atoms with Gasteiger partial charge in [-0.25, -0.2) is 5.43 Å². The van der Waals surface area contributed by atoms with Gasteiger partial charge in [-0.15, -0.1) is 0 Å². The molecule has 0 radical (unpaired) electrons. The van der Waals surface area contributed by atoms with E-state index in [0.717, 1.165) is 5.69 Å². The maximum Gasteiger partial charge on any atom is 0.271 e. The Kier molecular flexibility index (Phi) is 5.88. The number of hydrogen-bond acceptors (Lipinski definition) is 6. The Morgan fingerprint density at radius 3 is 2.34 bits per heavy atom. The number of hydrogen-bond donors (Lipinski definition) is 1. The number of rotatable bonds is 7. The summed E-state index contributed by atoms with van der Waals surface area (Å²) in [5, 5.41) is 14.8. The third kappa shape index (κ3) is 4.59. The molecular weight excluding hydrogens is 376 g/mol. The zero-order valence-corrected chi connectivity index (χ0v) is 15.7. The van der Waals surface area contributed by atoms with Gasteiger partial charge in [0.15, 0.2) is 0 Å². The monoisotopic (exact) mass is 394 g/mol. The van der Waals surface area contributed by atoms with Crippen LogP contribution in [0.4, 0.5) is 5.69 Å². The molecule has 0 fully saturated rings. The molecule has 1 amide bonds. The highest BCUT2D eigenvalue weighted by atomic mass is 16.6. The van der Waals surface area contributed by atoms with Gasteiger partial charge in [0.05, 0.1) is 31.1 Å². The van der Waals surface area contributed by atoms with Crippen LogP contribution in [-0.2, 0) is 0 Å². The van der Waals surface area contributed by atoms with E-state index in [-0.39, 0.29) is 5.69 Å². The molecule has 3 rings (SSSR count). The van der Waals surface area contributed by atoms with E-state index < -0.39 is 10.8 Å². The fraction of sp³-hybridized carbons (Fsp3) is 0.100. The number of nitro benzene ring substituents is 1. The molecule has 9 nitrogen and oxygen atoms in total. The predicted octanol–water partition coefficient (Wildman–Crippen LogP) is 3.17. The first-order valence-electron chi connectivity index (χ1n) is 8.50. The zero-order chi connectivity index (χ0) is 20.8. The predicted molar refractivity (Wildman–Crippen MR) is 107 cm³/mol. The summed E-state index contributed by atoms with van der Waals surface area (Å²) in [6.07, 6.45) is 3.27. The van der Waals surface area contributed by atoms with Crippen LogP contribution in [0.1, 0.15) is 16.1 Å². The Labute approximate surface area is 166 Å². The molecule has 1 N–H and O–H groups in total. The fourth-order valence-electron chi connectivity index (χ4n) is 2.63. The van der Waals surface area contributed by atoms with Gasteiger partial charge in [-0.3, -0.25) is 14.9 Å². The summed E-state index contributed by atoms with van der Waals surface area (Å²) in [5.41, 5.74) is 4.22. The van der Waals surface area contributed by atoms with E-state index in [1.54, 1.807) is 53.2 Å². The molecular formula is C20H18N4O5. The Balaban J connectivity index is 1.74. The Hall–Kier alpha value is -4.14. The molecule has 0 saturated carbocycles. The largest absolute Gasteiger partial charge is 0.497 e. The summed E-state index contributed by atoms with van der Waals surface area (Å²) in [4.78, 5) is 22.7. The van der Waals surface area contributed by atoms with Crippen LogP contribution < -0.4 is 14.9 Å². The molecule has 29 heavy (non-hydrogen) atoms. The van der Waals surface area contributed by atoms with Crippen molar-refractivity contribution in [2.75, 3.05) is 14.2 Å². The minimum absolute atomic E-state index is 0.0112. The molecule has 9 heteroatoms. The second-order valence-electron chi connectivity index (χ2n) is 5.88. The van der Waals surface area contributed by atoms with Crippen molar-refractivity contribution < 1.29 is 19.2 Å². The number of methoxy groups -OCH3 is 2. The lowest BCUT2D eigenvalue weighted by atomic mass is 10.2. The lowest BCUT2D eigenvalue weighted by Crippen LogP contribution is -2.18. The topological polar surface area (TPSA) is 108 Å². The SMILES string of the molecule is COc1cc(OC)cc(C(=O)NN=Cc2cccn2-c2ccc([N+](=O)[O-])cc2)c1. The van der Waals surface area contributed by atoms with Crippen LogP contribution in [0.2, 0.25) is 0 Å². The summed E-state index contributed by atoms with van der Waals surface area (Å²) in [6, 6.07) is 14.5. The van der Waals surface area contributed by atoms with Gasteiger partial charge >= 0.3 is 0 Å². The van der Waals surface area contributed by atoms with E-state index in [4.69, 9.17) is 9.47 Å². The van der Waals surface area contributed by atoms with Gasteiger partial charge < -0.3 is 14.0 Å². The van der Waals surface area contributed by atoms with Crippen molar-refractivity contribution in [3.05, 3.63) is 82.2 Å². The quantitative estimate of drug-likeness (QED) is 0.376. The molecule has 0 saturated heterocycles. The average molecular weight is 394 g/mol. The van der Waals surface area contributed by atoms with E-state index in [9.17, 15) is 14.9 Å². The zero-order valence-electron chi connectivity index (χ0n) is 15.7. The smallest absolute Gasteiger partial charge is 0.271 e. The lowest BCUT2D eigenvalue weighted by Gasteiger charge is -2.08. The minimum atomic E-state index is -0.453. The van der Waals surface area contributed by atoms with Gasteiger partial charge in [-0.1, -0.05) is 0 Å². The van der Waals surface area contributed by atoms with E-state index in [1.807, 2.05) is 0 Å². The maximum absolute atomic E-state index is 12.4. The van der Waals surface area contributed by atoms with Gasteiger partial charge in [0.2, 0.25) is 0 Å². The van der Waals surface area contributed by atoms with Crippen molar-refractivity contribution in [2.24, 2.45) is 5.10 Å². The van der Waals surface area contributed by atoms with Crippen molar-refractivity contribution in [1.29, 1.82) is 0 Å². The summed E-state index contributed by atoms with van der Waals surface area (Å²) in [6.45, 7) is 0. The first kappa shape index (κ1) is 19.6. The highest BCUT2D eigenvalue weighted by molar-refractivity contribution is 5.95. The van der Waals surface area contributed by atoms with E-state index in [0.29, 0.717) is 22.8 Å². The van der Waals surface area contributed by atoms with Gasteiger partial charge in [-0.2, -0.15) is 5.10 Å². The molecule has 0 bridgehead atoms. The maximum atomic E-state index is 12.4. The van der Waals surface area contributed by atoms with Crippen molar-refractivity contribution in [1.82, 2.24) is 9.99 Å². The fourth-order valence-corrected chi connectivity index (χ4v) is 2.63. The number of nitrogens with one attached hydrogen (secondary N) is 1. The second kappa shape index (κ2) is 8.70. The third-order valence-corrected chi connectivity index (χ3v) is 4.10. The number of amides is 1. The van der Waals surface area contributed by atoms with E-state index in [1.165, 1.54) is 32.6 Å². The van der Waals surface area contributed by atoms with Gasteiger partial charge in [0.1, 0.15) is 11.5 Å².